The van der Waals surface area contributed by atoms with E-state index in [1.165, 1.54) is 0 Å². The Morgan fingerprint density at radius 2 is 1.88 bits per heavy atom. The van der Waals surface area contributed by atoms with Crippen LogP contribution in [0.2, 0.25) is 0 Å². The van der Waals surface area contributed by atoms with Gasteiger partial charge in [-0.15, -0.1) is 13.2 Å². The van der Waals surface area contributed by atoms with Gasteiger partial charge in [-0.3, -0.25) is 4.74 Å². The van der Waals surface area contributed by atoms with Crippen LogP contribution >= 0.6 is 0 Å². The molecule has 0 spiro atoms. The van der Waals surface area contributed by atoms with Gasteiger partial charge in [0.15, 0.2) is 0 Å². The molecular weight excluding hydrogens is 237 g/mol. The molecule has 3 nitrogen and oxygen atoms in total. The predicted molar refractivity (Wildman–Crippen MR) is 54.6 cm³/mol. The second-order valence-electron chi connectivity index (χ2n) is 3.36. The van der Waals surface area contributed by atoms with E-state index in [2.05, 4.69) is 4.74 Å². The van der Waals surface area contributed by atoms with Gasteiger partial charge < -0.3 is 9.84 Å². The molecule has 1 atom stereocenters. The summed E-state index contributed by atoms with van der Waals surface area (Å²) in [7, 11) is 0. The second-order valence-corrected chi connectivity index (χ2v) is 3.36. The molecule has 1 aromatic carbocycles. The Morgan fingerprint density at radius 1 is 1.24 bits per heavy atom. The Kier molecular flexibility index (Phi) is 4.77. The molecular formula is C11H13F3O3. The number of halogens is 3. The zero-order chi connectivity index (χ0) is 12.9. The summed E-state index contributed by atoms with van der Waals surface area (Å²) in [5.74, 6) is 0.355. The van der Waals surface area contributed by atoms with Crippen LogP contribution in [0.1, 0.15) is 18.6 Å². The molecule has 1 rings (SSSR count). The first-order valence-electron chi connectivity index (χ1n) is 5.00. The van der Waals surface area contributed by atoms with Crippen molar-refractivity contribution in [2.45, 2.75) is 19.4 Å². The lowest BCUT2D eigenvalue weighted by Gasteiger charge is -2.13. The highest BCUT2D eigenvalue weighted by molar-refractivity contribution is 5.34. The maximum atomic E-state index is 11.7. The van der Waals surface area contributed by atoms with E-state index < -0.39 is 19.1 Å². The number of aliphatic hydroxyl groups excluding tert-OH is 1. The number of para-hydroxylation sites is 1. The molecule has 1 N–H and O–H groups in total. The summed E-state index contributed by atoms with van der Waals surface area (Å²) in [6.07, 6.45) is -5.39. The minimum Gasteiger partial charge on any atom is -0.491 e. The molecule has 0 aromatic heterocycles. The number of aliphatic hydroxyl groups is 1. The number of ether oxygens (including phenoxy) is 2. The van der Waals surface area contributed by atoms with E-state index in [4.69, 9.17) is 4.74 Å². The fourth-order valence-electron chi connectivity index (χ4n) is 1.27. The third-order valence-electron chi connectivity index (χ3n) is 1.98. The van der Waals surface area contributed by atoms with E-state index in [-0.39, 0.29) is 6.61 Å². The maximum absolute atomic E-state index is 11.7. The molecule has 6 heteroatoms. The van der Waals surface area contributed by atoms with Crippen LogP contribution in [0.25, 0.3) is 0 Å². The Morgan fingerprint density at radius 3 is 2.47 bits per heavy atom. The maximum Gasteiger partial charge on any atom is 0.522 e. The van der Waals surface area contributed by atoms with E-state index in [0.717, 1.165) is 0 Å². The van der Waals surface area contributed by atoms with Gasteiger partial charge in [-0.25, -0.2) is 0 Å². The summed E-state index contributed by atoms with van der Waals surface area (Å²) < 4.78 is 43.7. The largest absolute Gasteiger partial charge is 0.522 e. The molecule has 0 fully saturated rings. The first kappa shape index (κ1) is 13.8. The van der Waals surface area contributed by atoms with Gasteiger partial charge in [0.1, 0.15) is 12.4 Å². The van der Waals surface area contributed by atoms with Crippen molar-refractivity contribution < 1.29 is 27.8 Å². The third-order valence-corrected chi connectivity index (χ3v) is 1.98. The monoisotopic (exact) mass is 250 g/mol. The molecule has 0 bridgehead atoms. The summed E-state index contributed by atoms with van der Waals surface area (Å²) in [5.41, 5.74) is 0.527. The molecule has 0 radical (unpaired) electrons. The average molecular weight is 250 g/mol. The van der Waals surface area contributed by atoms with Gasteiger partial charge in [0, 0.05) is 5.56 Å². The topological polar surface area (TPSA) is 38.7 Å². The third kappa shape index (κ3) is 5.06. The molecule has 0 aliphatic rings. The van der Waals surface area contributed by atoms with Crippen molar-refractivity contribution in [1.29, 1.82) is 0 Å². The normalized spacial score (nSPS) is 13.5. The second kappa shape index (κ2) is 5.88. The van der Waals surface area contributed by atoms with E-state index in [1.807, 2.05) is 0 Å². The lowest BCUT2D eigenvalue weighted by molar-refractivity contribution is -0.325. The van der Waals surface area contributed by atoms with Crippen molar-refractivity contribution in [2.75, 3.05) is 13.2 Å². The molecule has 0 unspecified atom stereocenters. The van der Waals surface area contributed by atoms with Crippen LogP contribution < -0.4 is 4.74 Å². The van der Waals surface area contributed by atoms with Crippen LogP contribution in [0.5, 0.6) is 5.75 Å². The van der Waals surface area contributed by atoms with Gasteiger partial charge in [0.2, 0.25) is 0 Å². The SMILES string of the molecule is C[C@H](O)c1ccccc1OCCOC(F)(F)F. The van der Waals surface area contributed by atoms with Crippen LogP contribution in [0.3, 0.4) is 0 Å². The van der Waals surface area contributed by atoms with Crippen LogP contribution in [-0.2, 0) is 4.74 Å². The van der Waals surface area contributed by atoms with Crippen molar-refractivity contribution >= 4 is 0 Å². The molecule has 1 aromatic rings. The molecule has 0 saturated carbocycles. The van der Waals surface area contributed by atoms with E-state index in [9.17, 15) is 18.3 Å². The number of hydrogen-bond donors (Lipinski definition) is 1. The van der Waals surface area contributed by atoms with Crippen molar-refractivity contribution in [1.82, 2.24) is 0 Å². The standard InChI is InChI=1S/C11H13F3O3/c1-8(15)9-4-2-3-5-10(9)16-6-7-17-11(12,13)14/h2-5,8,15H,6-7H2,1H3/t8-/m0/s1. The Balaban J connectivity index is 2.47. The van der Waals surface area contributed by atoms with Gasteiger partial charge in [-0.1, -0.05) is 18.2 Å². The highest BCUT2D eigenvalue weighted by atomic mass is 19.4. The Hall–Kier alpha value is -1.27. The smallest absolute Gasteiger partial charge is 0.491 e. The fraction of sp³-hybridized carbons (Fsp3) is 0.455. The van der Waals surface area contributed by atoms with E-state index in [1.54, 1.807) is 31.2 Å². The zero-order valence-electron chi connectivity index (χ0n) is 9.20. The van der Waals surface area contributed by atoms with Crippen LogP contribution in [0.15, 0.2) is 24.3 Å². The molecule has 0 aliphatic heterocycles. The summed E-state index contributed by atoms with van der Waals surface area (Å²) in [4.78, 5) is 0. The first-order chi connectivity index (χ1) is 7.90. The quantitative estimate of drug-likeness (QED) is 0.816. The number of alkyl halides is 3. The summed E-state index contributed by atoms with van der Waals surface area (Å²) in [6.45, 7) is 0.731. The van der Waals surface area contributed by atoms with Crippen molar-refractivity contribution in [3.63, 3.8) is 0 Å². The summed E-state index contributed by atoms with van der Waals surface area (Å²) in [5, 5.41) is 9.40. The number of hydrogen-bond acceptors (Lipinski definition) is 3. The Labute approximate surface area is 96.8 Å². The highest BCUT2D eigenvalue weighted by Gasteiger charge is 2.28. The van der Waals surface area contributed by atoms with Crippen LogP contribution in [0.4, 0.5) is 13.2 Å². The fourth-order valence-corrected chi connectivity index (χ4v) is 1.27. The van der Waals surface area contributed by atoms with Crippen molar-refractivity contribution in [3.05, 3.63) is 29.8 Å². The minimum absolute atomic E-state index is 0.233. The molecule has 0 aliphatic carbocycles. The van der Waals surface area contributed by atoms with Gasteiger partial charge in [0.05, 0.1) is 12.7 Å². The summed E-state index contributed by atoms with van der Waals surface area (Å²) >= 11 is 0. The molecule has 17 heavy (non-hydrogen) atoms. The molecule has 0 saturated heterocycles. The van der Waals surface area contributed by atoms with Crippen LogP contribution in [-0.4, -0.2) is 24.7 Å². The summed E-state index contributed by atoms with van der Waals surface area (Å²) in [6, 6.07) is 6.60. The average Bonchev–Trinajstić information content (AvgIpc) is 2.23. The molecule has 0 heterocycles. The van der Waals surface area contributed by atoms with Crippen LogP contribution in [0, 0.1) is 0 Å². The van der Waals surface area contributed by atoms with Gasteiger partial charge >= 0.3 is 6.36 Å². The zero-order valence-corrected chi connectivity index (χ0v) is 9.20. The Bertz CT molecular complexity index is 350. The van der Waals surface area contributed by atoms with Gasteiger partial charge in [-0.05, 0) is 13.0 Å². The predicted octanol–water partition coefficient (Wildman–Crippen LogP) is 2.66. The van der Waals surface area contributed by atoms with Crippen molar-refractivity contribution in [3.8, 4) is 5.75 Å². The molecule has 0 amide bonds. The van der Waals surface area contributed by atoms with Gasteiger partial charge in [0.25, 0.3) is 0 Å². The lowest BCUT2D eigenvalue weighted by atomic mass is 10.1. The van der Waals surface area contributed by atoms with Gasteiger partial charge in [-0.2, -0.15) is 0 Å². The minimum atomic E-state index is -4.65. The number of rotatable bonds is 5. The lowest BCUT2D eigenvalue weighted by Crippen LogP contribution is -2.18. The van der Waals surface area contributed by atoms with Crippen molar-refractivity contribution in [2.24, 2.45) is 0 Å². The highest BCUT2D eigenvalue weighted by Crippen LogP contribution is 2.24. The van der Waals surface area contributed by atoms with E-state index >= 15 is 0 Å². The van der Waals surface area contributed by atoms with E-state index in [0.29, 0.717) is 11.3 Å². The number of benzene rings is 1. The first-order valence-corrected chi connectivity index (χ1v) is 5.00. The molecule has 96 valence electrons.